The number of Topliss-reactive ketones (excluding diaryl/α,β-unsaturated/α-hetero) is 1. The van der Waals surface area contributed by atoms with E-state index in [-0.39, 0.29) is 18.2 Å². The van der Waals surface area contributed by atoms with E-state index in [1.54, 1.807) is 22.9 Å². The third-order valence-electron chi connectivity index (χ3n) is 2.50. The Hall–Kier alpha value is -2.41. The van der Waals surface area contributed by atoms with Crippen LogP contribution in [0.25, 0.3) is 0 Å². The zero-order chi connectivity index (χ0) is 12.3. The van der Waals surface area contributed by atoms with E-state index in [0.29, 0.717) is 5.56 Å². The Balaban J connectivity index is 2.18. The van der Waals surface area contributed by atoms with E-state index in [1.165, 1.54) is 6.20 Å². The Morgan fingerprint density at radius 3 is 2.76 bits per heavy atom. The molecule has 2 aromatic rings. The molecule has 0 N–H and O–H groups in total. The quantitative estimate of drug-likeness (QED) is 0.750. The fraction of sp³-hybridized carbons (Fsp3) is 0.154. The lowest BCUT2D eigenvalue weighted by Crippen LogP contribution is -2.11. The van der Waals surface area contributed by atoms with Gasteiger partial charge in [-0.05, 0) is 6.92 Å². The number of hydrogen-bond donors (Lipinski definition) is 0. The molecule has 0 fully saturated rings. The summed E-state index contributed by atoms with van der Waals surface area (Å²) in [6, 6.07) is 9.32. The summed E-state index contributed by atoms with van der Waals surface area (Å²) in [5.74, 6) is 0.227. The molecule has 0 saturated heterocycles. The maximum absolute atomic E-state index is 11.9. The summed E-state index contributed by atoms with van der Waals surface area (Å²) in [5, 5.41) is 8.78. The molecule has 1 aromatic carbocycles. The number of rotatable bonds is 3. The van der Waals surface area contributed by atoms with Crippen LogP contribution in [0.5, 0.6) is 0 Å². The van der Waals surface area contributed by atoms with E-state index in [0.717, 1.165) is 5.56 Å². The average molecular weight is 225 g/mol. The highest BCUT2D eigenvalue weighted by atomic mass is 16.1. The van der Waals surface area contributed by atoms with Crippen LogP contribution in [0.3, 0.4) is 0 Å². The molecule has 0 amide bonds. The van der Waals surface area contributed by atoms with E-state index in [4.69, 9.17) is 5.26 Å². The number of aryl methyl sites for hydroxylation is 1. The monoisotopic (exact) mass is 225 g/mol. The Labute approximate surface area is 99.1 Å². The minimum Gasteiger partial charge on any atom is -0.315 e. The van der Waals surface area contributed by atoms with Crippen molar-refractivity contribution in [1.29, 1.82) is 5.26 Å². The predicted molar refractivity (Wildman–Crippen MR) is 62.5 cm³/mol. The van der Waals surface area contributed by atoms with E-state index < -0.39 is 0 Å². The first-order chi connectivity index (χ1) is 8.20. The second-order valence-electron chi connectivity index (χ2n) is 3.78. The van der Waals surface area contributed by atoms with Gasteiger partial charge in [0.15, 0.2) is 5.78 Å². The molecule has 84 valence electrons. The maximum atomic E-state index is 11.9. The highest BCUT2D eigenvalue weighted by Gasteiger charge is 2.09. The first kappa shape index (κ1) is 11.1. The minimum absolute atomic E-state index is 0.0282. The van der Waals surface area contributed by atoms with E-state index >= 15 is 0 Å². The Morgan fingerprint density at radius 2 is 2.12 bits per heavy atom. The van der Waals surface area contributed by atoms with Crippen LogP contribution in [-0.4, -0.2) is 15.3 Å². The molecule has 0 unspecified atom stereocenters. The summed E-state index contributed by atoms with van der Waals surface area (Å²) in [5.41, 5.74) is 1.76. The highest BCUT2D eigenvalue weighted by Crippen LogP contribution is 2.06. The van der Waals surface area contributed by atoms with E-state index in [1.807, 2.05) is 25.1 Å². The number of carbonyl (C=O) groups is 1. The van der Waals surface area contributed by atoms with Crippen molar-refractivity contribution >= 4 is 5.78 Å². The maximum Gasteiger partial charge on any atom is 0.213 e. The van der Waals surface area contributed by atoms with Gasteiger partial charge in [0.2, 0.25) is 5.82 Å². The van der Waals surface area contributed by atoms with E-state index in [2.05, 4.69) is 4.98 Å². The number of carbonyl (C=O) groups excluding carboxylic acids is 1. The van der Waals surface area contributed by atoms with Gasteiger partial charge in [-0.3, -0.25) is 4.79 Å². The Morgan fingerprint density at radius 1 is 1.41 bits per heavy atom. The summed E-state index contributed by atoms with van der Waals surface area (Å²) >= 11 is 0. The fourth-order valence-electron chi connectivity index (χ4n) is 1.54. The molecule has 0 aliphatic heterocycles. The smallest absolute Gasteiger partial charge is 0.213 e. The van der Waals surface area contributed by atoms with Crippen LogP contribution in [0.1, 0.15) is 21.7 Å². The molecule has 0 atom stereocenters. The van der Waals surface area contributed by atoms with Crippen LogP contribution in [0.4, 0.5) is 0 Å². The van der Waals surface area contributed by atoms with Gasteiger partial charge in [-0.2, -0.15) is 5.26 Å². The molecule has 1 aromatic heterocycles. The van der Waals surface area contributed by atoms with Crippen molar-refractivity contribution < 1.29 is 4.79 Å². The second-order valence-corrected chi connectivity index (χ2v) is 3.78. The third kappa shape index (κ3) is 2.40. The van der Waals surface area contributed by atoms with Crippen LogP contribution in [0.15, 0.2) is 36.7 Å². The van der Waals surface area contributed by atoms with Gasteiger partial charge in [-0.1, -0.05) is 29.8 Å². The van der Waals surface area contributed by atoms with Gasteiger partial charge in [0.05, 0.1) is 6.54 Å². The number of nitriles is 1. The summed E-state index contributed by atoms with van der Waals surface area (Å²) in [7, 11) is 0. The number of ketones is 1. The van der Waals surface area contributed by atoms with Gasteiger partial charge in [-0.15, -0.1) is 0 Å². The number of nitrogens with zero attached hydrogens (tertiary/aromatic N) is 3. The molecule has 4 heteroatoms. The molecule has 0 aliphatic rings. The first-order valence-electron chi connectivity index (χ1n) is 5.22. The number of aromatic nitrogens is 2. The summed E-state index contributed by atoms with van der Waals surface area (Å²) < 4.78 is 1.54. The Kier molecular flexibility index (Phi) is 3.01. The number of benzene rings is 1. The van der Waals surface area contributed by atoms with Gasteiger partial charge in [-0.25, -0.2) is 4.98 Å². The average Bonchev–Trinajstić information content (AvgIpc) is 2.77. The van der Waals surface area contributed by atoms with Gasteiger partial charge in [0, 0.05) is 18.0 Å². The molecule has 0 bridgehead atoms. The molecule has 0 radical (unpaired) electrons. The molecular formula is C13H11N3O. The molecule has 1 heterocycles. The van der Waals surface area contributed by atoms with Crippen molar-refractivity contribution in [3.8, 4) is 6.07 Å². The summed E-state index contributed by atoms with van der Waals surface area (Å²) in [4.78, 5) is 15.8. The third-order valence-corrected chi connectivity index (χ3v) is 2.50. The van der Waals surface area contributed by atoms with Crippen LogP contribution in [0.2, 0.25) is 0 Å². The van der Waals surface area contributed by atoms with Crippen LogP contribution < -0.4 is 0 Å². The number of hydrogen-bond acceptors (Lipinski definition) is 3. The minimum atomic E-state index is -0.0282. The van der Waals surface area contributed by atoms with Crippen molar-refractivity contribution in [3.05, 3.63) is 53.6 Å². The lowest BCUT2D eigenvalue weighted by molar-refractivity contribution is 0.0972. The molecule has 0 aliphatic carbocycles. The normalized spacial score (nSPS) is 9.88. The van der Waals surface area contributed by atoms with Gasteiger partial charge < -0.3 is 4.57 Å². The summed E-state index contributed by atoms with van der Waals surface area (Å²) in [6.07, 6.45) is 3.14. The molecule has 4 nitrogen and oxygen atoms in total. The van der Waals surface area contributed by atoms with Gasteiger partial charge in [0.1, 0.15) is 6.07 Å². The van der Waals surface area contributed by atoms with Crippen molar-refractivity contribution in [3.63, 3.8) is 0 Å². The molecule has 0 spiro atoms. The zero-order valence-corrected chi connectivity index (χ0v) is 9.42. The topological polar surface area (TPSA) is 58.7 Å². The fourth-order valence-corrected chi connectivity index (χ4v) is 1.54. The largest absolute Gasteiger partial charge is 0.315 e. The van der Waals surface area contributed by atoms with Crippen molar-refractivity contribution in [2.24, 2.45) is 0 Å². The lowest BCUT2D eigenvalue weighted by atomic mass is 10.1. The van der Waals surface area contributed by atoms with Gasteiger partial charge >= 0.3 is 0 Å². The lowest BCUT2D eigenvalue weighted by Gasteiger charge is -2.03. The summed E-state index contributed by atoms with van der Waals surface area (Å²) in [6.45, 7) is 2.11. The van der Waals surface area contributed by atoms with Crippen LogP contribution >= 0.6 is 0 Å². The SMILES string of the molecule is Cc1ccc(C(=O)Cn2ccnc2C#N)cc1. The molecular weight excluding hydrogens is 214 g/mol. The van der Waals surface area contributed by atoms with Crippen molar-refractivity contribution in [2.45, 2.75) is 13.5 Å². The standard InChI is InChI=1S/C13H11N3O/c1-10-2-4-11(5-3-10)12(17)9-16-7-6-15-13(16)8-14/h2-7H,9H2,1H3. The first-order valence-corrected chi connectivity index (χ1v) is 5.22. The second kappa shape index (κ2) is 4.62. The molecule has 0 saturated carbocycles. The van der Waals surface area contributed by atoms with Crippen molar-refractivity contribution in [2.75, 3.05) is 0 Å². The van der Waals surface area contributed by atoms with Crippen LogP contribution in [0, 0.1) is 18.3 Å². The predicted octanol–water partition coefficient (Wildman–Crippen LogP) is 1.95. The highest BCUT2D eigenvalue weighted by molar-refractivity contribution is 5.95. The number of imidazole rings is 1. The van der Waals surface area contributed by atoms with Crippen molar-refractivity contribution in [1.82, 2.24) is 9.55 Å². The zero-order valence-electron chi connectivity index (χ0n) is 9.42. The van der Waals surface area contributed by atoms with E-state index in [9.17, 15) is 4.79 Å². The molecule has 2 rings (SSSR count). The Bertz CT molecular complexity index is 575. The van der Waals surface area contributed by atoms with Crippen LogP contribution in [-0.2, 0) is 6.54 Å². The van der Waals surface area contributed by atoms with Gasteiger partial charge in [0.25, 0.3) is 0 Å². The molecule has 17 heavy (non-hydrogen) atoms.